The molecule has 4 nitrogen and oxygen atoms in total. The van der Waals surface area contributed by atoms with E-state index in [1.54, 1.807) is 0 Å². The van der Waals surface area contributed by atoms with E-state index >= 15 is 0 Å². The minimum atomic E-state index is -3.84. The molecule has 0 saturated heterocycles. The van der Waals surface area contributed by atoms with Gasteiger partial charge in [0.2, 0.25) is 5.09 Å². The van der Waals surface area contributed by atoms with Gasteiger partial charge in [-0.3, -0.25) is 0 Å². The molecule has 0 spiro atoms. The van der Waals surface area contributed by atoms with E-state index in [1.165, 1.54) is 36.4 Å². The molecule has 1 aromatic heterocycles. The van der Waals surface area contributed by atoms with E-state index < -0.39 is 10.0 Å². The maximum atomic E-state index is 12.7. The fraction of sp³-hybridized carbons (Fsp3) is 0. The number of primary sulfonamides is 1. The van der Waals surface area contributed by atoms with Crippen molar-refractivity contribution in [2.45, 2.75) is 5.09 Å². The Bertz CT molecular complexity index is 601. The molecule has 0 atom stereocenters. The lowest BCUT2D eigenvalue weighted by Gasteiger charge is -1.96. The lowest BCUT2D eigenvalue weighted by atomic mass is 10.2. The molecule has 2 rings (SSSR count). The SMILES string of the molecule is NS(=O)(=O)c1ccc(-c2ccc(F)cc2)o1. The number of benzene rings is 1. The Kier molecular flexibility index (Phi) is 2.53. The number of sulfonamides is 1. The van der Waals surface area contributed by atoms with Crippen LogP contribution in [0.1, 0.15) is 0 Å². The van der Waals surface area contributed by atoms with E-state index in [2.05, 4.69) is 0 Å². The summed E-state index contributed by atoms with van der Waals surface area (Å²) in [5.41, 5.74) is 0.580. The highest BCUT2D eigenvalue weighted by atomic mass is 32.2. The van der Waals surface area contributed by atoms with Gasteiger partial charge in [-0.25, -0.2) is 17.9 Å². The van der Waals surface area contributed by atoms with Gasteiger partial charge in [0.25, 0.3) is 10.0 Å². The van der Waals surface area contributed by atoms with E-state index in [1.807, 2.05) is 0 Å². The van der Waals surface area contributed by atoms with Gasteiger partial charge in [-0.2, -0.15) is 0 Å². The van der Waals surface area contributed by atoms with Crippen molar-refractivity contribution in [2.75, 3.05) is 0 Å². The van der Waals surface area contributed by atoms with Gasteiger partial charge in [0.1, 0.15) is 11.6 Å². The van der Waals surface area contributed by atoms with Crippen LogP contribution in [0, 0.1) is 5.82 Å². The third-order valence-corrected chi connectivity index (χ3v) is 2.77. The zero-order chi connectivity index (χ0) is 11.8. The molecule has 0 amide bonds. The summed E-state index contributed by atoms with van der Waals surface area (Å²) in [6.45, 7) is 0. The number of halogens is 1. The van der Waals surface area contributed by atoms with Crippen molar-refractivity contribution in [2.24, 2.45) is 5.14 Å². The van der Waals surface area contributed by atoms with Crippen molar-refractivity contribution in [3.63, 3.8) is 0 Å². The topological polar surface area (TPSA) is 73.3 Å². The zero-order valence-electron chi connectivity index (χ0n) is 8.05. The van der Waals surface area contributed by atoms with Gasteiger partial charge in [0.15, 0.2) is 0 Å². The first kappa shape index (κ1) is 10.8. The number of hydrogen-bond acceptors (Lipinski definition) is 3. The van der Waals surface area contributed by atoms with E-state index in [-0.39, 0.29) is 10.9 Å². The van der Waals surface area contributed by atoms with Gasteiger partial charge >= 0.3 is 0 Å². The Balaban J connectivity index is 2.43. The van der Waals surface area contributed by atoms with Crippen molar-refractivity contribution in [3.05, 3.63) is 42.2 Å². The van der Waals surface area contributed by atoms with Crippen LogP contribution in [-0.2, 0) is 10.0 Å². The highest BCUT2D eigenvalue weighted by Crippen LogP contribution is 2.23. The van der Waals surface area contributed by atoms with Crippen molar-refractivity contribution in [1.29, 1.82) is 0 Å². The quantitative estimate of drug-likeness (QED) is 0.870. The van der Waals surface area contributed by atoms with Gasteiger partial charge in [0, 0.05) is 5.56 Å². The van der Waals surface area contributed by atoms with Crippen LogP contribution in [0.5, 0.6) is 0 Å². The molecule has 0 saturated carbocycles. The molecular formula is C10H8FNO3S. The second kappa shape index (κ2) is 3.73. The molecule has 2 N–H and O–H groups in total. The van der Waals surface area contributed by atoms with E-state index in [9.17, 15) is 12.8 Å². The van der Waals surface area contributed by atoms with Crippen molar-refractivity contribution < 1.29 is 17.2 Å². The summed E-state index contributed by atoms with van der Waals surface area (Å²) in [6, 6.07) is 8.21. The van der Waals surface area contributed by atoms with Crippen LogP contribution in [0.15, 0.2) is 45.9 Å². The summed E-state index contributed by atoms with van der Waals surface area (Å²) in [4.78, 5) is 0. The zero-order valence-corrected chi connectivity index (χ0v) is 8.87. The van der Waals surface area contributed by atoms with Crippen LogP contribution in [0.25, 0.3) is 11.3 Å². The molecule has 0 bridgehead atoms. The maximum Gasteiger partial charge on any atom is 0.271 e. The number of nitrogens with two attached hydrogens (primary N) is 1. The first-order valence-electron chi connectivity index (χ1n) is 4.35. The van der Waals surface area contributed by atoms with Crippen LogP contribution in [0.2, 0.25) is 0 Å². The normalized spacial score (nSPS) is 11.6. The Hall–Kier alpha value is -1.66. The Morgan fingerprint density at radius 3 is 2.19 bits per heavy atom. The first-order valence-corrected chi connectivity index (χ1v) is 5.90. The standard InChI is InChI=1S/C10H8FNO3S/c11-8-3-1-7(2-4-8)9-5-6-10(15-9)16(12,13)14/h1-6H,(H2,12,13,14). The maximum absolute atomic E-state index is 12.7. The highest BCUT2D eigenvalue weighted by molar-refractivity contribution is 7.89. The number of hydrogen-bond donors (Lipinski definition) is 1. The van der Waals surface area contributed by atoms with E-state index in [0.717, 1.165) is 0 Å². The molecule has 16 heavy (non-hydrogen) atoms. The monoisotopic (exact) mass is 241 g/mol. The summed E-state index contributed by atoms with van der Waals surface area (Å²) in [7, 11) is -3.84. The van der Waals surface area contributed by atoms with Crippen molar-refractivity contribution in [3.8, 4) is 11.3 Å². The summed E-state index contributed by atoms with van der Waals surface area (Å²) >= 11 is 0. The molecule has 0 aliphatic rings. The fourth-order valence-electron chi connectivity index (χ4n) is 1.24. The second-order valence-electron chi connectivity index (χ2n) is 3.17. The molecule has 1 aromatic carbocycles. The van der Waals surface area contributed by atoms with Gasteiger partial charge in [-0.15, -0.1) is 0 Å². The van der Waals surface area contributed by atoms with Gasteiger partial charge in [0.05, 0.1) is 0 Å². The number of rotatable bonds is 2. The van der Waals surface area contributed by atoms with Gasteiger partial charge in [-0.1, -0.05) is 0 Å². The van der Waals surface area contributed by atoms with E-state index in [0.29, 0.717) is 11.3 Å². The molecule has 2 aromatic rings. The molecule has 1 heterocycles. The smallest absolute Gasteiger partial charge is 0.271 e. The molecule has 6 heteroatoms. The molecule has 0 aliphatic carbocycles. The predicted molar refractivity (Wildman–Crippen MR) is 55.5 cm³/mol. The Labute approximate surface area is 91.5 Å². The number of furan rings is 1. The van der Waals surface area contributed by atoms with Crippen molar-refractivity contribution >= 4 is 10.0 Å². The Morgan fingerprint density at radius 2 is 1.69 bits per heavy atom. The van der Waals surface area contributed by atoms with Crippen molar-refractivity contribution in [1.82, 2.24) is 0 Å². The summed E-state index contributed by atoms with van der Waals surface area (Å²) in [6.07, 6.45) is 0. The molecule has 0 aliphatic heterocycles. The molecule has 0 radical (unpaired) electrons. The van der Waals surface area contributed by atoms with Crippen LogP contribution >= 0.6 is 0 Å². The van der Waals surface area contributed by atoms with Gasteiger partial charge < -0.3 is 4.42 Å². The first-order chi connectivity index (χ1) is 7.47. The van der Waals surface area contributed by atoms with Gasteiger partial charge in [-0.05, 0) is 36.4 Å². The average molecular weight is 241 g/mol. The largest absolute Gasteiger partial charge is 0.443 e. The highest BCUT2D eigenvalue weighted by Gasteiger charge is 2.13. The Morgan fingerprint density at radius 1 is 1.06 bits per heavy atom. The second-order valence-corrected chi connectivity index (χ2v) is 4.66. The average Bonchev–Trinajstić information content (AvgIpc) is 2.67. The fourth-order valence-corrected chi connectivity index (χ4v) is 1.71. The molecular weight excluding hydrogens is 233 g/mol. The third-order valence-electron chi connectivity index (χ3n) is 1.99. The van der Waals surface area contributed by atoms with Crippen LogP contribution in [-0.4, -0.2) is 8.42 Å². The summed E-state index contributed by atoms with van der Waals surface area (Å²) in [5.74, 6) is -0.0500. The minimum Gasteiger partial charge on any atom is -0.443 e. The minimum absolute atomic E-state index is 0.313. The van der Waals surface area contributed by atoms with Crippen LogP contribution in [0.4, 0.5) is 4.39 Å². The third kappa shape index (κ3) is 2.12. The summed E-state index contributed by atoms with van der Waals surface area (Å²) in [5, 5.41) is 4.58. The molecule has 0 unspecified atom stereocenters. The summed E-state index contributed by atoms with van der Waals surface area (Å²) < 4.78 is 39.6. The molecule has 84 valence electrons. The predicted octanol–water partition coefficient (Wildman–Crippen LogP) is 1.73. The van der Waals surface area contributed by atoms with Crippen LogP contribution in [0.3, 0.4) is 0 Å². The van der Waals surface area contributed by atoms with Crippen LogP contribution < -0.4 is 5.14 Å². The lowest BCUT2D eigenvalue weighted by Crippen LogP contribution is -2.10. The molecule has 0 fully saturated rings. The van der Waals surface area contributed by atoms with E-state index in [4.69, 9.17) is 9.56 Å². The lowest BCUT2D eigenvalue weighted by molar-refractivity contribution is 0.461.